The third kappa shape index (κ3) is 5.18. The summed E-state index contributed by atoms with van der Waals surface area (Å²) in [4.78, 5) is 24.3. The van der Waals surface area contributed by atoms with Crippen molar-refractivity contribution >= 4 is 40.5 Å². The van der Waals surface area contributed by atoms with E-state index in [4.69, 9.17) is 17.0 Å². The summed E-state index contributed by atoms with van der Waals surface area (Å²) in [6.45, 7) is 3.95. The van der Waals surface area contributed by atoms with Gasteiger partial charge in [-0.1, -0.05) is 18.7 Å². The molecule has 0 aliphatic carbocycles. The number of carbonyl (C=O) groups is 2. The lowest BCUT2D eigenvalue weighted by atomic mass is 10.2. The van der Waals surface area contributed by atoms with Gasteiger partial charge in [-0.05, 0) is 47.9 Å². The normalized spacial score (nSPS) is 9.67. The summed E-state index contributed by atoms with van der Waals surface area (Å²) in [6, 6.07) is 10.0. The fraction of sp³-hybridized carbons (Fsp3) is 0.0625. The van der Waals surface area contributed by atoms with E-state index in [9.17, 15) is 9.59 Å². The zero-order valence-electron chi connectivity index (χ0n) is 12.6. The summed E-state index contributed by atoms with van der Waals surface area (Å²) in [5.41, 5.74) is 5.31. The molecular weight excluding hydrogens is 346 g/mol. The van der Waals surface area contributed by atoms with Gasteiger partial charge in [-0.15, -0.1) is 11.3 Å². The van der Waals surface area contributed by atoms with Gasteiger partial charge in [0.15, 0.2) is 5.11 Å². The number of hydrogen-bond donors (Lipinski definition) is 3. The molecule has 0 saturated carbocycles. The molecular formula is C16H15N3O3S2. The second-order valence-corrected chi connectivity index (χ2v) is 5.82. The number of ether oxygens (including phenoxy) is 1. The SMILES string of the molecule is C=CCOc1ccc(C(=O)NNC(=S)NC(=O)c2cccs2)cc1. The van der Waals surface area contributed by atoms with E-state index in [0.29, 0.717) is 22.8 Å². The first kappa shape index (κ1) is 17.6. The molecule has 1 aromatic heterocycles. The molecule has 0 spiro atoms. The van der Waals surface area contributed by atoms with Gasteiger partial charge in [0.2, 0.25) is 0 Å². The van der Waals surface area contributed by atoms with Crippen LogP contribution in [0.4, 0.5) is 0 Å². The minimum atomic E-state index is -0.391. The molecule has 0 radical (unpaired) electrons. The Balaban J connectivity index is 1.80. The van der Waals surface area contributed by atoms with Crippen molar-refractivity contribution < 1.29 is 14.3 Å². The van der Waals surface area contributed by atoms with Crippen LogP contribution in [0.15, 0.2) is 54.4 Å². The number of amides is 2. The number of nitrogens with one attached hydrogen (secondary N) is 3. The van der Waals surface area contributed by atoms with Crippen LogP contribution in [0.5, 0.6) is 5.75 Å². The molecule has 8 heteroatoms. The second kappa shape index (κ2) is 8.80. The molecule has 1 heterocycles. The van der Waals surface area contributed by atoms with Crippen LogP contribution in [0.3, 0.4) is 0 Å². The molecule has 0 aliphatic heterocycles. The highest BCUT2D eigenvalue weighted by Crippen LogP contribution is 2.12. The van der Waals surface area contributed by atoms with Crippen LogP contribution in [0, 0.1) is 0 Å². The quantitative estimate of drug-likeness (QED) is 0.432. The number of benzene rings is 1. The molecule has 6 nitrogen and oxygen atoms in total. The molecule has 0 saturated heterocycles. The van der Waals surface area contributed by atoms with Crippen molar-refractivity contribution in [3.8, 4) is 5.75 Å². The van der Waals surface area contributed by atoms with Gasteiger partial charge in [0, 0.05) is 5.56 Å². The van der Waals surface area contributed by atoms with Gasteiger partial charge in [-0.3, -0.25) is 25.8 Å². The zero-order chi connectivity index (χ0) is 17.4. The van der Waals surface area contributed by atoms with Crippen LogP contribution >= 0.6 is 23.6 Å². The monoisotopic (exact) mass is 361 g/mol. The maximum atomic E-state index is 12.0. The Kier molecular flexibility index (Phi) is 6.47. The zero-order valence-corrected chi connectivity index (χ0v) is 14.2. The van der Waals surface area contributed by atoms with E-state index < -0.39 is 5.91 Å². The first-order valence-corrected chi connectivity index (χ1v) is 8.18. The van der Waals surface area contributed by atoms with Crippen LogP contribution in [0.2, 0.25) is 0 Å². The van der Waals surface area contributed by atoms with E-state index in [2.05, 4.69) is 22.7 Å². The van der Waals surface area contributed by atoms with Crippen LogP contribution < -0.4 is 20.9 Å². The lowest BCUT2D eigenvalue weighted by molar-refractivity contribution is 0.0935. The Morgan fingerprint density at radius 1 is 1.17 bits per heavy atom. The Labute approximate surface area is 148 Å². The Morgan fingerprint density at radius 2 is 1.92 bits per heavy atom. The fourth-order valence-corrected chi connectivity index (χ4v) is 2.41. The second-order valence-electron chi connectivity index (χ2n) is 4.46. The molecule has 2 amide bonds. The van der Waals surface area contributed by atoms with Crippen molar-refractivity contribution in [2.75, 3.05) is 6.61 Å². The third-order valence-corrected chi connectivity index (χ3v) is 3.82. The third-order valence-electron chi connectivity index (χ3n) is 2.75. The number of carbonyl (C=O) groups excluding carboxylic acids is 2. The van der Waals surface area contributed by atoms with Gasteiger partial charge in [0.25, 0.3) is 11.8 Å². The number of thiophene rings is 1. The minimum Gasteiger partial charge on any atom is -0.490 e. The van der Waals surface area contributed by atoms with E-state index in [1.807, 2.05) is 0 Å². The summed E-state index contributed by atoms with van der Waals surface area (Å²) in [5.74, 6) is -0.0865. The van der Waals surface area contributed by atoms with Gasteiger partial charge in [0.1, 0.15) is 12.4 Å². The largest absolute Gasteiger partial charge is 0.490 e. The first-order chi connectivity index (χ1) is 11.6. The topological polar surface area (TPSA) is 79.5 Å². The van der Waals surface area contributed by atoms with Crippen molar-refractivity contribution in [2.24, 2.45) is 0 Å². The molecule has 1 aromatic carbocycles. The van der Waals surface area contributed by atoms with E-state index in [-0.39, 0.29) is 11.0 Å². The van der Waals surface area contributed by atoms with E-state index in [0.717, 1.165) is 0 Å². The van der Waals surface area contributed by atoms with Gasteiger partial charge >= 0.3 is 0 Å². The highest BCUT2D eigenvalue weighted by Gasteiger charge is 2.10. The molecule has 2 rings (SSSR count). The number of rotatable bonds is 5. The number of hydrogen-bond acceptors (Lipinski definition) is 5. The Bertz CT molecular complexity index is 728. The van der Waals surface area contributed by atoms with Crippen LogP contribution in [-0.4, -0.2) is 23.5 Å². The summed E-state index contributed by atoms with van der Waals surface area (Å²) in [5, 5.41) is 4.26. The van der Waals surface area contributed by atoms with E-state index >= 15 is 0 Å². The maximum absolute atomic E-state index is 12.0. The lowest BCUT2D eigenvalue weighted by Gasteiger charge is -2.10. The molecule has 2 aromatic rings. The van der Waals surface area contributed by atoms with Crippen molar-refractivity contribution in [2.45, 2.75) is 0 Å². The fourth-order valence-electron chi connectivity index (χ4n) is 1.65. The van der Waals surface area contributed by atoms with Crippen LogP contribution in [-0.2, 0) is 0 Å². The molecule has 24 heavy (non-hydrogen) atoms. The highest BCUT2D eigenvalue weighted by atomic mass is 32.1. The molecule has 0 unspecified atom stereocenters. The van der Waals surface area contributed by atoms with Gasteiger partial charge < -0.3 is 4.74 Å². The summed E-state index contributed by atoms with van der Waals surface area (Å²) >= 11 is 6.25. The lowest BCUT2D eigenvalue weighted by Crippen LogP contribution is -2.48. The summed E-state index contributed by atoms with van der Waals surface area (Å²) in [7, 11) is 0. The molecule has 0 bridgehead atoms. The van der Waals surface area contributed by atoms with Crippen molar-refractivity contribution in [3.63, 3.8) is 0 Å². The first-order valence-electron chi connectivity index (χ1n) is 6.89. The standard InChI is InChI=1S/C16H15N3O3S2/c1-2-9-22-12-7-5-11(6-8-12)14(20)18-19-16(23)17-15(21)13-4-3-10-24-13/h2-8,10H,1,9H2,(H,18,20)(H2,17,19,21,23). The van der Waals surface area contributed by atoms with E-state index in [1.165, 1.54) is 11.3 Å². The van der Waals surface area contributed by atoms with E-state index in [1.54, 1.807) is 47.9 Å². The molecule has 3 N–H and O–H groups in total. The van der Waals surface area contributed by atoms with Crippen molar-refractivity contribution in [1.82, 2.24) is 16.2 Å². The molecule has 0 fully saturated rings. The van der Waals surface area contributed by atoms with Crippen LogP contribution in [0.1, 0.15) is 20.0 Å². The van der Waals surface area contributed by atoms with Gasteiger partial charge in [-0.2, -0.15) is 0 Å². The highest BCUT2D eigenvalue weighted by molar-refractivity contribution is 7.80. The summed E-state index contributed by atoms with van der Waals surface area (Å²) in [6.07, 6.45) is 1.63. The number of thiocarbonyl (C=S) groups is 1. The molecule has 0 aliphatic rings. The Hall–Kier alpha value is -2.71. The summed E-state index contributed by atoms with van der Waals surface area (Å²) < 4.78 is 5.33. The maximum Gasteiger partial charge on any atom is 0.269 e. The van der Waals surface area contributed by atoms with Crippen molar-refractivity contribution in [3.05, 3.63) is 64.9 Å². The average molecular weight is 361 g/mol. The number of hydrazine groups is 1. The van der Waals surface area contributed by atoms with Gasteiger partial charge in [-0.25, -0.2) is 0 Å². The smallest absolute Gasteiger partial charge is 0.269 e. The van der Waals surface area contributed by atoms with Crippen LogP contribution in [0.25, 0.3) is 0 Å². The molecule has 124 valence electrons. The van der Waals surface area contributed by atoms with Crippen molar-refractivity contribution in [1.29, 1.82) is 0 Å². The molecule has 0 atom stereocenters. The van der Waals surface area contributed by atoms with Gasteiger partial charge in [0.05, 0.1) is 4.88 Å². The Morgan fingerprint density at radius 3 is 2.54 bits per heavy atom. The minimum absolute atomic E-state index is 0.00712. The predicted octanol–water partition coefficient (Wildman–Crippen LogP) is 2.26. The predicted molar refractivity (Wildman–Crippen MR) is 97.1 cm³/mol. The average Bonchev–Trinajstić information content (AvgIpc) is 3.13.